The molecule has 2 heteroatoms. The van der Waals surface area contributed by atoms with Crippen LogP contribution in [-0.2, 0) is 9.47 Å². The summed E-state index contributed by atoms with van der Waals surface area (Å²) in [5.41, 5.74) is 0. The van der Waals surface area contributed by atoms with Gasteiger partial charge in [0.15, 0.2) is 0 Å². The van der Waals surface area contributed by atoms with Gasteiger partial charge in [-0.1, -0.05) is 68.2 Å². The quantitative estimate of drug-likeness (QED) is 0.400. The van der Waals surface area contributed by atoms with Crippen molar-refractivity contribution in [2.75, 3.05) is 26.4 Å². The first-order valence-corrected chi connectivity index (χ1v) is 9.48. The van der Waals surface area contributed by atoms with Gasteiger partial charge in [-0.2, -0.15) is 0 Å². The Balaban J connectivity index is 0. The van der Waals surface area contributed by atoms with Crippen LogP contribution in [0.1, 0.15) is 81.1 Å². The van der Waals surface area contributed by atoms with E-state index in [9.17, 15) is 0 Å². The molecular weight excluding hydrogens is 272 g/mol. The van der Waals surface area contributed by atoms with Gasteiger partial charge in [0.1, 0.15) is 0 Å². The van der Waals surface area contributed by atoms with Crippen molar-refractivity contribution in [2.45, 2.75) is 81.1 Å². The Hall–Kier alpha value is -0.0800. The highest BCUT2D eigenvalue weighted by Crippen LogP contribution is 2.05. The molecule has 0 saturated carbocycles. The fourth-order valence-corrected chi connectivity index (χ4v) is 1.45. The molecule has 136 valence electrons. The second-order valence-electron chi connectivity index (χ2n) is 7.54. The van der Waals surface area contributed by atoms with Gasteiger partial charge in [0, 0.05) is 26.4 Å². The van der Waals surface area contributed by atoms with Gasteiger partial charge < -0.3 is 9.47 Å². The molecule has 0 saturated heterocycles. The molecule has 0 aromatic rings. The molecule has 0 amide bonds. The van der Waals surface area contributed by atoms with Gasteiger partial charge in [-0.3, -0.25) is 0 Å². The minimum atomic E-state index is 0.721. The molecule has 0 aliphatic rings. The summed E-state index contributed by atoms with van der Waals surface area (Å²) in [5.74, 6) is 2.99. The van der Waals surface area contributed by atoms with Crippen LogP contribution in [-0.4, -0.2) is 26.4 Å². The predicted octanol–water partition coefficient (Wildman–Crippen LogP) is 6.19. The largest absolute Gasteiger partial charge is 0.381 e. The normalized spacial score (nSPS) is 13.9. The van der Waals surface area contributed by atoms with Crippen molar-refractivity contribution >= 4 is 0 Å². The van der Waals surface area contributed by atoms with Crippen LogP contribution in [0, 0.1) is 23.7 Å². The van der Waals surface area contributed by atoms with Crippen LogP contribution < -0.4 is 0 Å². The van der Waals surface area contributed by atoms with E-state index in [0.717, 1.165) is 50.1 Å². The highest BCUT2D eigenvalue weighted by molar-refractivity contribution is 4.50. The van der Waals surface area contributed by atoms with Crippen molar-refractivity contribution in [3.63, 3.8) is 0 Å². The first-order valence-electron chi connectivity index (χ1n) is 9.48. The molecule has 0 N–H and O–H groups in total. The van der Waals surface area contributed by atoms with Crippen LogP contribution in [0.15, 0.2) is 0 Å². The maximum Gasteiger partial charge on any atom is 0.0491 e. The van der Waals surface area contributed by atoms with E-state index < -0.39 is 0 Å². The molecule has 0 heterocycles. The van der Waals surface area contributed by atoms with Crippen molar-refractivity contribution in [1.82, 2.24) is 0 Å². The zero-order chi connectivity index (χ0) is 17.4. The van der Waals surface area contributed by atoms with Gasteiger partial charge in [0.25, 0.3) is 0 Å². The monoisotopic (exact) mass is 316 g/mol. The molecule has 2 nitrogen and oxygen atoms in total. The maximum atomic E-state index is 5.54. The molecular formula is C20H44O2. The van der Waals surface area contributed by atoms with Crippen LogP contribution >= 0.6 is 0 Å². The Labute approximate surface area is 141 Å². The molecule has 2 unspecified atom stereocenters. The zero-order valence-corrected chi connectivity index (χ0v) is 16.8. The van der Waals surface area contributed by atoms with Crippen LogP contribution in [0.2, 0.25) is 0 Å². The molecule has 0 aromatic heterocycles. The average molecular weight is 317 g/mol. The van der Waals surface area contributed by atoms with E-state index in [4.69, 9.17) is 9.47 Å². The van der Waals surface area contributed by atoms with Crippen molar-refractivity contribution in [3.8, 4) is 0 Å². The SMILES string of the molecule is CC(C)CCOCCC(C)C.CCC(C)COCC(C)CC. The van der Waals surface area contributed by atoms with Gasteiger partial charge >= 0.3 is 0 Å². The predicted molar refractivity (Wildman–Crippen MR) is 99.5 cm³/mol. The van der Waals surface area contributed by atoms with E-state index in [1.165, 1.54) is 25.7 Å². The van der Waals surface area contributed by atoms with E-state index >= 15 is 0 Å². The van der Waals surface area contributed by atoms with Crippen molar-refractivity contribution < 1.29 is 9.47 Å². The van der Waals surface area contributed by atoms with Gasteiger partial charge in [-0.05, 0) is 36.5 Å². The van der Waals surface area contributed by atoms with Gasteiger partial charge in [0.2, 0.25) is 0 Å². The number of hydrogen-bond acceptors (Lipinski definition) is 2. The molecule has 0 aromatic carbocycles. The first kappa shape index (κ1) is 24.2. The number of ether oxygens (including phenoxy) is 2. The molecule has 0 fully saturated rings. The van der Waals surface area contributed by atoms with E-state index in [-0.39, 0.29) is 0 Å². The summed E-state index contributed by atoms with van der Waals surface area (Å²) in [6.07, 6.45) is 4.83. The molecule has 0 spiro atoms. The van der Waals surface area contributed by atoms with Crippen molar-refractivity contribution in [1.29, 1.82) is 0 Å². The minimum Gasteiger partial charge on any atom is -0.381 e. The fraction of sp³-hybridized carbons (Fsp3) is 1.00. The number of hydrogen-bond donors (Lipinski definition) is 0. The second kappa shape index (κ2) is 17.3. The smallest absolute Gasteiger partial charge is 0.0491 e. The Morgan fingerprint density at radius 2 is 0.955 bits per heavy atom. The van der Waals surface area contributed by atoms with Crippen LogP contribution in [0.4, 0.5) is 0 Å². The molecule has 0 aliphatic heterocycles. The zero-order valence-electron chi connectivity index (χ0n) is 16.8. The summed E-state index contributed by atoms with van der Waals surface area (Å²) in [5, 5.41) is 0. The van der Waals surface area contributed by atoms with Crippen LogP contribution in [0.5, 0.6) is 0 Å². The minimum absolute atomic E-state index is 0.721. The fourth-order valence-electron chi connectivity index (χ4n) is 1.45. The van der Waals surface area contributed by atoms with Gasteiger partial charge in [-0.15, -0.1) is 0 Å². The van der Waals surface area contributed by atoms with Crippen LogP contribution in [0.3, 0.4) is 0 Å². The molecule has 2 atom stereocenters. The standard InChI is InChI=1S/2C10H22O/c1-9(2)5-7-11-8-6-10(3)4;1-5-9(3)7-11-8-10(4)6-2/h2*9-10H,5-8H2,1-4H3. The summed E-state index contributed by atoms with van der Waals surface area (Å²) in [6, 6.07) is 0. The summed E-state index contributed by atoms with van der Waals surface area (Å²) in [4.78, 5) is 0. The lowest BCUT2D eigenvalue weighted by molar-refractivity contribution is 0.0780. The van der Waals surface area contributed by atoms with E-state index in [0.29, 0.717) is 0 Å². The topological polar surface area (TPSA) is 18.5 Å². The third-order valence-electron chi connectivity index (χ3n) is 3.88. The lowest BCUT2D eigenvalue weighted by Crippen LogP contribution is -2.10. The maximum absolute atomic E-state index is 5.54. The summed E-state index contributed by atoms with van der Waals surface area (Å²) in [7, 11) is 0. The summed E-state index contributed by atoms with van der Waals surface area (Å²) < 4.78 is 11.0. The summed E-state index contributed by atoms with van der Waals surface area (Å²) >= 11 is 0. The Morgan fingerprint density at radius 3 is 1.23 bits per heavy atom. The number of rotatable bonds is 12. The summed E-state index contributed by atoms with van der Waals surface area (Å²) in [6.45, 7) is 21.5. The molecule has 0 bridgehead atoms. The van der Waals surface area contributed by atoms with E-state index in [1.54, 1.807) is 0 Å². The third kappa shape index (κ3) is 22.2. The van der Waals surface area contributed by atoms with Gasteiger partial charge in [0.05, 0.1) is 0 Å². The first-order chi connectivity index (χ1) is 10.3. The van der Waals surface area contributed by atoms with Crippen molar-refractivity contribution in [3.05, 3.63) is 0 Å². The van der Waals surface area contributed by atoms with Gasteiger partial charge in [-0.25, -0.2) is 0 Å². The average Bonchev–Trinajstić information content (AvgIpc) is 2.46. The van der Waals surface area contributed by atoms with E-state index in [2.05, 4.69) is 55.4 Å². The lowest BCUT2D eigenvalue weighted by atomic mass is 10.1. The Bertz CT molecular complexity index is 182. The molecule has 0 aliphatic carbocycles. The highest BCUT2D eigenvalue weighted by Gasteiger charge is 2.01. The third-order valence-corrected chi connectivity index (χ3v) is 3.88. The Morgan fingerprint density at radius 1 is 0.591 bits per heavy atom. The molecule has 22 heavy (non-hydrogen) atoms. The Kier molecular flexibility index (Phi) is 19.0. The lowest BCUT2D eigenvalue weighted by Gasteiger charge is -2.12. The molecule has 0 rings (SSSR count). The van der Waals surface area contributed by atoms with Crippen molar-refractivity contribution in [2.24, 2.45) is 23.7 Å². The van der Waals surface area contributed by atoms with E-state index in [1.807, 2.05) is 0 Å². The second-order valence-corrected chi connectivity index (χ2v) is 7.54. The van der Waals surface area contributed by atoms with Crippen LogP contribution in [0.25, 0.3) is 0 Å². The molecule has 0 radical (unpaired) electrons. The highest BCUT2D eigenvalue weighted by atomic mass is 16.5.